The van der Waals surface area contributed by atoms with E-state index >= 15 is 0 Å². The predicted molar refractivity (Wildman–Crippen MR) is 91.3 cm³/mol. The topological polar surface area (TPSA) is 38.9 Å². The molecule has 5 nitrogen and oxygen atoms in total. The van der Waals surface area contributed by atoms with Gasteiger partial charge in [0.05, 0.1) is 24.4 Å². The molecule has 0 spiro atoms. The highest BCUT2D eigenvalue weighted by molar-refractivity contribution is 5.85. The molecule has 0 saturated carbocycles. The number of hydrogen-bond donors (Lipinski definition) is 0. The summed E-state index contributed by atoms with van der Waals surface area (Å²) in [4.78, 5) is 6.94. The van der Waals surface area contributed by atoms with Crippen LogP contribution in [0.5, 0.6) is 0 Å². The summed E-state index contributed by atoms with van der Waals surface area (Å²) in [7, 11) is 0. The van der Waals surface area contributed by atoms with Crippen LogP contribution in [0, 0.1) is 0 Å². The smallest absolute Gasteiger partial charge is 0.0951 e. The van der Waals surface area contributed by atoms with Gasteiger partial charge in [0, 0.05) is 30.9 Å². The van der Waals surface area contributed by atoms with Crippen LogP contribution in [0.3, 0.4) is 0 Å². The Morgan fingerprint density at radius 1 is 1.18 bits per heavy atom. The molecule has 0 bridgehead atoms. The lowest BCUT2D eigenvalue weighted by atomic mass is 10.1. The molecule has 0 radical (unpaired) electrons. The van der Waals surface area contributed by atoms with Crippen molar-refractivity contribution in [1.29, 1.82) is 0 Å². The molecule has 22 heavy (non-hydrogen) atoms. The summed E-state index contributed by atoms with van der Waals surface area (Å²) in [6, 6.07) is 0.555. The molecule has 0 amide bonds. The minimum atomic E-state index is 0. The van der Waals surface area contributed by atoms with Gasteiger partial charge in [-0.15, -0.1) is 12.4 Å². The number of hydrogen-bond acceptors (Lipinski definition) is 3. The molecule has 2 aromatic heterocycles. The summed E-state index contributed by atoms with van der Waals surface area (Å²) in [6.45, 7) is 8.79. The Kier molecular flexibility index (Phi) is 6.03. The molecule has 0 aliphatic carbocycles. The predicted octanol–water partition coefficient (Wildman–Crippen LogP) is 3.06. The Labute approximate surface area is 138 Å². The van der Waals surface area contributed by atoms with E-state index in [0.717, 1.165) is 18.7 Å². The fourth-order valence-electron chi connectivity index (χ4n) is 3.13. The van der Waals surface area contributed by atoms with Gasteiger partial charge >= 0.3 is 0 Å². The van der Waals surface area contributed by atoms with Gasteiger partial charge < -0.3 is 4.57 Å². The molecule has 1 aliphatic rings. The average molecular weight is 324 g/mol. The molecule has 0 N–H and O–H groups in total. The summed E-state index contributed by atoms with van der Waals surface area (Å²) in [6.07, 6.45) is 12.0. The van der Waals surface area contributed by atoms with E-state index in [9.17, 15) is 0 Å². The molecule has 3 heterocycles. The second-order valence-corrected chi connectivity index (χ2v) is 5.96. The van der Waals surface area contributed by atoms with Crippen molar-refractivity contribution in [2.75, 3.05) is 13.1 Å². The van der Waals surface area contributed by atoms with Crippen LogP contribution in [-0.2, 0) is 13.1 Å². The van der Waals surface area contributed by atoms with E-state index in [1.807, 2.05) is 23.4 Å². The van der Waals surface area contributed by atoms with Crippen LogP contribution in [0.25, 0.3) is 11.3 Å². The molecule has 0 aromatic carbocycles. The van der Waals surface area contributed by atoms with Gasteiger partial charge in [0.2, 0.25) is 0 Å². The first kappa shape index (κ1) is 17.0. The minimum absolute atomic E-state index is 0. The van der Waals surface area contributed by atoms with Gasteiger partial charge in [0.15, 0.2) is 0 Å². The van der Waals surface area contributed by atoms with E-state index in [1.54, 1.807) is 0 Å². The lowest BCUT2D eigenvalue weighted by Crippen LogP contribution is -2.39. The van der Waals surface area contributed by atoms with E-state index in [1.165, 1.54) is 38.0 Å². The Bertz CT molecular complexity index is 571. The lowest BCUT2D eigenvalue weighted by Gasteiger charge is -2.32. The van der Waals surface area contributed by atoms with Crippen LogP contribution >= 0.6 is 12.4 Å². The van der Waals surface area contributed by atoms with Crippen molar-refractivity contribution in [1.82, 2.24) is 24.2 Å². The minimum Gasteiger partial charge on any atom is -0.329 e. The van der Waals surface area contributed by atoms with Gasteiger partial charge in [0.1, 0.15) is 0 Å². The standard InChI is InChI=1S/C16H25N5.ClH/c1-3-21-12-15(9-18-21)16-10-17-13-20(16)11-14(2)19-7-5-4-6-8-19;/h9-10,12-14H,3-8,11H2,1-2H3;1H. The van der Waals surface area contributed by atoms with Crippen molar-refractivity contribution < 1.29 is 0 Å². The highest BCUT2D eigenvalue weighted by Crippen LogP contribution is 2.20. The van der Waals surface area contributed by atoms with E-state index in [2.05, 4.69) is 39.6 Å². The van der Waals surface area contributed by atoms with Crippen LogP contribution in [0.4, 0.5) is 0 Å². The highest BCUT2D eigenvalue weighted by Gasteiger charge is 2.18. The van der Waals surface area contributed by atoms with E-state index in [4.69, 9.17) is 0 Å². The Balaban J connectivity index is 0.00000176. The van der Waals surface area contributed by atoms with Crippen molar-refractivity contribution in [3.05, 3.63) is 24.9 Å². The number of aryl methyl sites for hydroxylation is 1. The maximum atomic E-state index is 4.37. The van der Waals surface area contributed by atoms with Crippen LogP contribution in [-0.4, -0.2) is 43.4 Å². The summed E-state index contributed by atoms with van der Waals surface area (Å²) >= 11 is 0. The van der Waals surface area contributed by atoms with Crippen LogP contribution in [0.1, 0.15) is 33.1 Å². The number of aromatic nitrogens is 4. The van der Waals surface area contributed by atoms with Crippen molar-refractivity contribution >= 4 is 12.4 Å². The molecule has 1 atom stereocenters. The molecule has 3 rings (SSSR count). The summed E-state index contributed by atoms with van der Waals surface area (Å²) < 4.78 is 4.22. The number of halogens is 1. The second-order valence-electron chi connectivity index (χ2n) is 5.96. The normalized spacial score (nSPS) is 17.2. The van der Waals surface area contributed by atoms with E-state index < -0.39 is 0 Å². The maximum Gasteiger partial charge on any atom is 0.0951 e. The van der Waals surface area contributed by atoms with Crippen molar-refractivity contribution in [3.63, 3.8) is 0 Å². The van der Waals surface area contributed by atoms with Gasteiger partial charge in [-0.3, -0.25) is 9.58 Å². The van der Waals surface area contributed by atoms with Gasteiger partial charge in [-0.1, -0.05) is 6.42 Å². The van der Waals surface area contributed by atoms with Gasteiger partial charge in [-0.25, -0.2) is 4.98 Å². The molecule has 1 fully saturated rings. The molecule has 122 valence electrons. The number of rotatable bonds is 5. The SMILES string of the molecule is CCn1cc(-c2cncn2CC(C)N2CCCCC2)cn1.Cl. The lowest BCUT2D eigenvalue weighted by molar-refractivity contribution is 0.160. The van der Waals surface area contributed by atoms with Gasteiger partial charge in [-0.2, -0.15) is 5.10 Å². The number of imidazole rings is 1. The van der Waals surface area contributed by atoms with Crippen molar-refractivity contribution in [2.24, 2.45) is 0 Å². The molecular weight excluding hydrogens is 298 g/mol. The second kappa shape index (κ2) is 7.79. The molecule has 1 aliphatic heterocycles. The number of nitrogens with zero attached hydrogens (tertiary/aromatic N) is 5. The van der Waals surface area contributed by atoms with Crippen LogP contribution < -0.4 is 0 Å². The van der Waals surface area contributed by atoms with E-state index in [0.29, 0.717) is 6.04 Å². The van der Waals surface area contributed by atoms with Crippen LogP contribution in [0.2, 0.25) is 0 Å². The quantitative estimate of drug-likeness (QED) is 0.849. The Hall–Kier alpha value is -1.33. The number of piperidine rings is 1. The largest absolute Gasteiger partial charge is 0.329 e. The third-order valence-electron chi connectivity index (χ3n) is 4.44. The number of likely N-dealkylation sites (tertiary alicyclic amines) is 1. The monoisotopic (exact) mass is 323 g/mol. The first-order chi connectivity index (χ1) is 10.3. The van der Waals surface area contributed by atoms with Gasteiger partial charge in [-0.05, 0) is 39.8 Å². The molecule has 1 unspecified atom stereocenters. The first-order valence-electron chi connectivity index (χ1n) is 8.05. The molecule has 1 saturated heterocycles. The highest BCUT2D eigenvalue weighted by atomic mass is 35.5. The third kappa shape index (κ3) is 3.70. The molecule has 2 aromatic rings. The Morgan fingerprint density at radius 2 is 1.95 bits per heavy atom. The summed E-state index contributed by atoms with van der Waals surface area (Å²) in [5.41, 5.74) is 2.32. The fourth-order valence-corrected chi connectivity index (χ4v) is 3.13. The van der Waals surface area contributed by atoms with Crippen LogP contribution in [0.15, 0.2) is 24.9 Å². The zero-order valence-corrected chi connectivity index (χ0v) is 14.3. The molecular formula is C16H26ClN5. The Morgan fingerprint density at radius 3 is 2.64 bits per heavy atom. The van der Waals surface area contributed by atoms with Gasteiger partial charge in [0.25, 0.3) is 0 Å². The molecule has 6 heteroatoms. The van der Waals surface area contributed by atoms with Crippen molar-refractivity contribution in [3.8, 4) is 11.3 Å². The summed E-state index contributed by atoms with van der Waals surface area (Å²) in [5.74, 6) is 0. The maximum absolute atomic E-state index is 4.37. The third-order valence-corrected chi connectivity index (χ3v) is 4.44. The zero-order valence-electron chi connectivity index (χ0n) is 13.5. The summed E-state index contributed by atoms with van der Waals surface area (Å²) in [5, 5.41) is 4.37. The zero-order chi connectivity index (χ0) is 14.7. The first-order valence-corrected chi connectivity index (χ1v) is 8.05. The fraction of sp³-hybridized carbons (Fsp3) is 0.625. The van der Waals surface area contributed by atoms with E-state index in [-0.39, 0.29) is 12.4 Å². The van der Waals surface area contributed by atoms with Crippen molar-refractivity contribution in [2.45, 2.75) is 52.2 Å². The average Bonchev–Trinajstić information content (AvgIpc) is 3.16.